The summed E-state index contributed by atoms with van der Waals surface area (Å²) in [6.07, 6.45) is -0.154. The van der Waals surface area contributed by atoms with Crippen molar-refractivity contribution in [1.29, 1.82) is 0 Å². The highest BCUT2D eigenvalue weighted by atomic mass is 35.5. The number of amides is 1. The Morgan fingerprint density at radius 1 is 1.12 bits per heavy atom. The van der Waals surface area contributed by atoms with Gasteiger partial charge in [-0.3, -0.25) is 4.79 Å². The number of carbonyl (C=O) groups excluding carboxylic acids is 1. The Hall–Kier alpha value is -1.19. The zero-order valence-electron chi connectivity index (χ0n) is 13.5. The smallest absolute Gasteiger partial charge is 0.252 e. The van der Waals surface area contributed by atoms with E-state index in [1.54, 1.807) is 0 Å². The minimum absolute atomic E-state index is 0.154. The van der Waals surface area contributed by atoms with E-state index in [1.165, 1.54) is 39.5 Å². The molecule has 1 aliphatic heterocycles. The van der Waals surface area contributed by atoms with Crippen molar-refractivity contribution in [1.82, 2.24) is 9.21 Å². The van der Waals surface area contributed by atoms with Crippen LogP contribution < -0.4 is 0 Å². The lowest BCUT2D eigenvalue weighted by Gasteiger charge is -2.33. The van der Waals surface area contributed by atoms with E-state index in [9.17, 15) is 17.6 Å². The number of nitrogens with zero attached hydrogens (tertiary/aromatic N) is 2. The van der Waals surface area contributed by atoms with Gasteiger partial charge in [0, 0.05) is 36.8 Å². The van der Waals surface area contributed by atoms with Gasteiger partial charge in [0.25, 0.3) is 10.0 Å². The van der Waals surface area contributed by atoms with Crippen LogP contribution in [-0.2, 0) is 21.2 Å². The Bertz CT molecular complexity index is 905. The molecule has 1 aromatic heterocycles. The van der Waals surface area contributed by atoms with Crippen molar-refractivity contribution >= 4 is 50.5 Å². The molecule has 0 bridgehead atoms. The van der Waals surface area contributed by atoms with Crippen LogP contribution in [-0.4, -0.2) is 49.7 Å². The maximum atomic E-state index is 13.8. The lowest BCUT2D eigenvalue weighted by Crippen LogP contribution is -2.50. The van der Waals surface area contributed by atoms with Crippen LogP contribution in [0.3, 0.4) is 0 Å². The highest BCUT2D eigenvalue weighted by Crippen LogP contribution is 2.28. The van der Waals surface area contributed by atoms with E-state index >= 15 is 0 Å². The second-order valence-electron chi connectivity index (χ2n) is 5.72. The number of piperazine rings is 1. The van der Waals surface area contributed by atoms with Gasteiger partial charge in [-0.05, 0) is 24.3 Å². The fraction of sp³-hybridized carbons (Fsp3) is 0.312. The number of thiophene rings is 1. The first-order chi connectivity index (χ1) is 12.3. The van der Waals surface area contributed by atoms with Crippen LogP contribution in [0.25, 0.3) is 0 Å². The second-order valence-corrected chi connectivity index (χ2v) is 10.0. The molecule has 1 aromatic carbocycles. The third kappa shape index (κ3) is 4.04. The first-order valence-corrected chi connectivity index (χ1v) is 10.8. The zero-order chi connectivity index (χ0) is 18.9. The molecular formula is C16H15Cl2FN2O3S2. The summed E-state index contributed by atoms with van der Waals surface area (Å²) in [6.45, 7) is 0.829. The molecule has 0 aliphatic carbocycles. The molecule has 0 atom stereocenters. The second kappa shape index (κ2) is 7.82. The van der Waals surface area contributed by atoms with Crippen LogP contribution in [0, 0.1) is 5.82 Å². The predicted molar refractivity (Wildman–Crippen MR) is 99.8 cm³/mol. The molecule has 1 aliphatic rings. The van der Waals surface area contributed by atoms with Gasteiger partial charge in [-0.2, -0.15) is 4.31 Å². The Morgan fingerprint density at radius 2 is 1.81 bits per heavy atom. The average Bonchev–Trinajstić information content (AvgIpc) is 3.05. The summed E-state index contributed by atoms with van der Waals surface area (Å²) in [5.41, 5.74) is 0.155. The van der Waals surface area contributed by atoms with E-state index in [4.69, 9.17) is 23.2 Å². The third-order valence-electron chi connectivity index (χ3n) is 4.12. The molecule has 0 N–H and O–H groups in total. The molecule has 2 heterocycles. The number of halogens is 3. The van der Waals surface area contributed by atoms with Crippen LogP contribution in [0.15, 0.2) is 34.5 Å². The largest absolute Gasteiger partial charge is 0.340 e. The maximum Gasteiger partial charge on any atom is 0.252 e. The van der Waals surface area contributed by atoms with Gasteiger partial charge in [0.05, 0.1) is 10.8 Å². The highest BCUT2D eigenvalue weighted by molar-refractivity contribution is 7.91. The van der Waals surface area contributed by atoms with Crippen molar-refractivity contribution < 1.29 is 17.6 Å². The monoisotopic (exact) mass is 436 g/mol. The van der Waals surface area contributed by atoms with E-state index in [2.05, 4.69) is 0 Å². The van der Waals surface area contributed by atoms with Gasteiger partial charge in [-0.25, -0.2) is 12.8 Å². The summed E-state index contributed by atoms with van der Waals surface area (Å²) in [5, 5.41) is 0.203. The van der Waals surface area contributed by atoms with Gasteiger partial charge >= 0.3 is 0 Å². The van der Waals surface area contributed by atoms with Crippen molar-refractivity contribution in [3.05, 3.63) is 51.1 Å². The van der Waals surface area contributed by atoms with E-state index in [1.807, 2.05) is 0 Å². The van der Waals surface area contributed by atoms with Crippen LogP contribution in [0.4, 0.5) is 4.39 Å². The molecule has 26 heavy (non-hydrogen) atoms. The molecule has 2 aromatic rings. The van der Waals surface area contributed by atoms with Gasteiger partial charge in [0.2, 0.25) is 5.91 Å². The van der Waals surface area contributed by atoms with Gasteiger partial charge in [0.15, 0.2) is 0 Å². The summed E-state index contributed by atoms with van der Waals surface area (Å²) >= 11 is 12.8. The fourth-order valence-electron chi connectivity index (χ4n) is 2.71. The summed E-state index contributed by atoms with van der Waals surface area (Å²) < 4.78 is 40.9. The SMILES string of the molecule is O=C(Cc1c(F)cccc1Cl)N1CCN(S(=O)(=O)c2ccc(Cl)s2)CC1. The Kier molecular flexibility index (Phi) is 5.88. The molecular weight excluding hydrogens is 422 g/mol. The summed E-state index contributed by atoms with van der Waals surface area (Å²) in [5.74, 6) is -0.810. The Balaban J connectivity index is 1.64. The molecule has 3 rings (SSSR count). The van der Waals surface area contributed by atoms with Gasteiger partial charge in [-0.15, -0.1) is 11.3 Å². The molecule has 5 nitrogen and oxygen atoms in total. The summed E-state index contributed by atoms with van der Waals surface area (Å²) in [4.78, 5) is 13.9. The van der Waals surface area contributed by atoms with Crippen molar-refractivity contribution in [2.75, 3.05) is 26.2 Å². The van der Waals surface area contributed by atoms with Crippen molar-refractivity contribution in [3.8, 4) is 0 Å². The lowest BCUT2D eigenvalue weighted by atomic mass is 10.1. The van der Waals surface area contributed by atoms with Crippen LogP contribution in [0.5, 0.6) is 0 Å². The van der Waals surface area contributed by atoms with Crippen molar-refractivity contribution in [2.45, 2.75) is 10.6 Å². The number of benzene rings is 1. The Labute approximate surface area is 165 Å². The van der Waals surface area contributed by atoms with Crippen LogP contribution in [0.2, 0.25) is 9.36 Å². The molecule has 1 fully saturated rings. The Morgan fingerprint density at radius 3 is 2.38 bits per heavy atom. The molecule has 140 valence electrons. The standard InChI is InChI=1S/C16H15Cl2FN2O3S2/c17-12-2-1-3-13(19)11(12)10-15(22)20-6-8-21(9-7-20)26(23,24)16-5-4-14(18)25-16/h1-5H,6-10H2. The van der Waals surface area contributed by atoms with E-state index in [-0.39, 0.29) is 53.3 Å². The van der Waals surface area contributed by atoms with Crippen molar-refractivity contribution in [3.63, 3.8) is 0 Å². The molecule has 0 spiro atoms. The predicted octanol–water partition coefficient (Wildman–Crippen LogP) is 3.27. The number of sulfonamides is 1. The highest BCUT2D eigenvalue weighted by Gasteiger charge is 2.31. The van der Waals surface area contributed by atoms with Gasteiger partial charge in [0.1, 0.15) is 10.0 Å². The average molecular weight is 437 g/mol. The van der Waals surface area contributed by atoms with Crippen molar-refractivity contribution in [2.24, 2.45) is 0 Å². The first kappa shape index (κ1) is 19.6. The number of hydrogen-bond acceptors (Lipinski definition) is 4. The summed E-state index contributed by atoms with van der Waals surface area (Å²) in [6, 6.07) is 7.28. The molecule has 0 saturated carbocycles. The molecule has 1 saturated heterocycles. The lowest BCUT2D eigenvalue weighted by molar-refractivity contribution is -0.131. The van der Waals surface area contributed by atoms with E-state index in [0.717, 1.165) is 11.3 Å². The normalized spacial score (nSPS) is 16.0. The topological polar surface area (TPSA) is 57.7 Å². The zero-order valence-corrected chi connectivity index (χ0v) is 16.6. The molecule has 0 radical (unpaired) electrons. The van der Waals surface area contributed by atoms with Crippen LogP contribution >= 0.6 is 34.5 Å². The minimum Gasteiger partial charge on any atom is -0.340 e. The first-order valence-electron chi connectivity index (χ1n) is 7.75. The van der Waals surface area contributed by atoms with Gasteiger partial charge < -0.3 is 4.90 Å². The minimum atomic E-state index is -3.61. The van der Waals surface area contributed by atoms with Crippen LogP contribution in [0.1, 0.15) is 5.56 Å². The molecule has 1 amide bonds. The fourth-order valence-corrected chi connectivity index (χ4v) is 5.99. The molecule has 10 heteroatoms. The molecule has 0 unspecified atom stereocenters. The number of rotatable bonds is 4. The van der Waals surface area contributed by atoms with E-state index in [0.29, 0.717) is 4.34 Å². The number of hydrogen-bond donors (Lipinski definition) is 0. The quantitative estimate of drug-likeness (QED) is 0.738. The number of carbonyl (C=O) groups is 1. The van der Waals surface area contributed by atoms with Gasteiger partial charge in [-0.1, -0.05) is 29.3 Å². The van der Waals surface area contributed by atoms with E-state index < -0.39 is 15.8 Å². The summed E-state index contributed by atoms with van der Waals surface area (Å²) in [7, 11) is -3.61. The maximum absolute atomic E-state index is 13.8. The third-order valence-corrected chi connectivity index (χ3v) is 8.08.